The van der Waals surface area contributed by atoms with Crippen LogP contribution in [0.5, 0.6) is 0 Å². The van der Waals surface area contributed by atoms with Gasteiger partial charge in [0, 0.05) is 35.2 Å². The predicted molar refractivity (Wildman–Crippen MR) is 82.6 cm³/mol. The average Bonchev–Trinajstić information content (AvgIpc) is 2.41. The van der Waals surface area contributed by atoms with Gasteiger partial charge < -0.3 is 4.90 Å². The number of rotatable bonds is 4. The molecule has 0 atom stereocenters. The van der Waals surface area contributed by atoms with Crippen molar-refractivity contribution in [1.29, 1.82) is 0 Å². The molecule has 0 bridgehead atoms. The van der Waals surface area contributed by atoms with Crippen molar-refractivity contribution in [1.82, 2.24) is 0 Å². The van der Waals surface area contributed by atoms with E-state index in [1.54, 1.807) is 6.07 Å². The first kappa shape index (κ1) is 14.4. The summed E-state index contributed by atoms with van der Waals surface area (Å²) < 4.78 is 13.7. The van der Waals surface area contributed by atoms with Gasteiger partial charge in [-0.05, 0) is 23.8 Å². The van der Waals surface area contributed by atoms with E-state index in [1.165, 1.54) is 6.07 Å². The maximum absolute atomic E-state index is 13.7. The molecule has 0 saturated carbocycles. The van der Waals surface area contributed by atoms with Crippen LogP contribution in [0.4, 0.5) is 10.1 Å². The normalized spacial score (nSPS) is 10.5. The molecular formula is C15H14BrClFN. The molecule has 1 nitrogen and oxygen atoms in total. The Balaban J connectivity index is 2.28. The van der Waals surface area contributed by atoms with Crippen LogP contribution in [0.1, 0.15) is 11.1 Å². The Morgan fingerprint density at radius 3 is 2.58 bits per heavy atom. The first-order valence-electron chi connectivity index (χ1n) is 5.91. The quantitative estimate of drug-likeness (QED) is 0.706. The van der Waals surface area contributed by atoms with Crippen molar-refractivity contribution in [3.63, 3.8) is 0 Å². The van der Waals surface area contributed by atoms with Crippen LogP contribution in [-0.2, 0) is 11.9 Å². The van der Waals surface area contributed by atoms with Crippen molar-refractivity contribution in [2.75, 3.05) is 11.9 Å². The lowest BCUT2D eigenvalue weighted by Gasteiger charge is -2.22. The maximum atomic E-state index is 13.7. The maximum Gasteiger partial charge on any atom is 0.129 e. The summed E-state index contributed by atoms with van der Waals surface area (Å²) in [7, 11) is 1.93. The molecule has 0 N–H and O–H groups in total. The second-order valence-electron chi connectivity index (χ2n) is 4.32. The Bertz CT molecular complexity index is 574. The minimum absolute atomic E-state index is 0.194. The molecule has 0 heterocycles. The molecular weight excluding hydrogens is 329 g/mol. The van der Waals surface area contributed by atoms with Crippen LogP contribution < -0.4 is 4.90 Å². The van der Waals surface area contributed by atoms with E-state index in [1.807, 2.05) is 42.3 Å². The van der Waals surface area contributed by atoms with Crippen LogP contribution in [0.15, 0.2) is 42.5 Å². The summed E-state index contributed by atoms with van der Waals surface area (Å²) in [5, 5.41) is 1.22. The fourth-order valence-corrected chi connectivity index (χ4v) is 2.76. The van der Waals surface area contributed by atoms with Crippen LogP contribution in [0.3, 0.4) is 0 Å². The van der Waals surface area contributed by atoms with Crippen LogP contribution in [0.25, 0.3) is 0 Å². The lowest BCUT2D eigenvalue weighted by molar-refractivity contribution is 0.616. The molecule has 0 aromatic heterocycles. The van der Waals surface area contributed by atoms with Gasteiger partial charge in [0.2, 0.25) is 0 Å². The Morgan fingerprint density at radius 1 is 1.16 bits per heavy atom. The summed E-state index contributed by atoms with van der Waals surface area (Å²) in [6, 6.07) is 12.8. The second-order valence-corrected chi connectivity index (χ2v) is 5.29. The Morgan fingerprint density at radius 2 is 1.89 bits per heavy atom. The molecule has 0 spiro atoms. The molecule has 19 heavy (non-hydrogen) atoms. The van der Waals surface area contributed by atoms with E-state index in [0.717, 1.165) is 16.3 Å². The molecule has 0 aliphatic heterocycles. The molecule has 0 amide bonds. The van der Waals surface area contributed by atoms with Gasteiger partial charge in [0.1, 0.15) is 5.82 Å². The molecule has 0 radical (unpaired) electrons. The number of nitrogens with zero attached hydrogens (tertiary/aromatic N) is 1. The third kappa shape index (κ3) is 3.28. The van der Waals surface area contributed by atoms with Gasteiger partial charge in [0.15, 0.2) is 0 Å². The van der Waals surface area contributed by atoms with Crippen molar-refractivity contribution in [3.8, 4) is 0 Å². The highest BCUT2D eigenvalue weighted by Gasteiger charge is 2.12. The first-order chi connectivity index (χ1) is 9.13. The number of benzene rings is 2. The standard InChI is InChI=1S/C15H14BrClFN/c1-19(10-11-5-2-3-6-13(11)17)15-8-4-7-14(18)12(15)9-16/h2-8H,9-10H2,1H3. The monoisotopic (exact) mass is 341 g/mol. The summed E-state index contributed by atoms with van der Waals surface area (Å²) >= 11 is 9.49. The zero-order valence-electron chi connectivity index (χ0n) is 10.5. The van der Waals surface area contributed by atoms with Gasteiger partial charge in [0.25, 0.3) is 0 Å². The molecule has 2 rings (SSSR count). The van der Waals surface area contributed by atoms with E-state index in [9.17, 15) is 4.39 Å². The van der Waals surface area contributed by atoms with Crippen LogP contribution in [-0.4, -0.2) is 7.05 Å². The topological polar surface area (TPSA) is 3.24 Å². The van der Waals surface area contributed by atoms with Gasteiger partial charge in [-0.15, -0.1) is 0 Å². The zero-order chi connectivity index (χ0) is 13.8. The number of hydrogen-bond donors (Lipinski definition) is 0. The van der Waals surface area contributed by atoms with E-state index >= 15 is 0 Å². The molecule has 0 aliphatic carbocycles. The van der Waals surface area contributed by atoms with E-state index in [4.69, 9.17) is 11.6 Å². The van der Waals surface area contributed by atoms with Crippen LogP contribution in [0, 0.1) is 5.82 Å². The Labute approximate surface area is 126 Å². The van der Waals surface area contributed by atoms with Crippen molar-refractivity contribution < 1.29 is 4.39 Å². The summed E-state index contributed by atoms with van der Waals surface area (Å²) in [5.41, 5.74) is 2.56. The van der Waals surface area contributed by atoms with Crippen molar-refractivity contribution in [3.05, 3.63) is 64.4 Å². The smallest absolute Gasteiger partial charge is 0.129 e. The van der Waals surface area contributed by atoms with Gasteiger partial charge in [0.05, 0.1) is 0 Å². The van der Waals surface area contributed by atoms with Crippen LogP contribution >= 0.6 is 27.5 Å². The molecule has 0 saturated heterocycles. The molecule has 0 aliphatic rings. The highest BCUT2D eigenvalue weighted by Crippen LogP contribution is 2.27. The van der Waals surface area contributed by atoms with E-state index < -0.39 is 0 Å². The third-order valence-electron chi connectivity index (χ3n) is 3.00. The molecule has 2 aromatic rings. The van der Waals surface area contributed by atoms with Gasteiger partial charge >= 0.3 is 0 Å². The van der Waals surface area contributed by atoms with Gasteiger partial charge in [-0.3, -0.25) is 0 Å². The Hall–Kier alpha value is -1.06. The number of halogens is 3. The highest BCUT2D eigenvalue weighted by atomic mass is 79.9. The minimum Gasteiger partial charge on any atom is -0.370 e. The number of hydrogen-bond acceptors (Lipinski definition) is 1. The molecule has 100 valence electrons. The van der Waals surface area contributed by atoms with E-state index in [0.29, 0.717) is 17.4 Å². The summed E-state index contributed by atoms with van der Waals surface area (Å²) in [4.78, 5) is 2.00. The molecule has 0 fully saturated rings. The number of alkyl halides is 1. The second kappa shape index (κ2) is 6.40. The van der Waals surface area contributed by atoms with Crippen molar-refractivity contribution >= 4 is 33.2 Å². The summed E-state index contributed by atoms with van der Waals surface area (Å²) in [6.07, 6.45) is 0. The lowest BCUT2D eigenvalue weighted by Crippen LogP contribution is -2.18. The highest BCUT2D eigenvalue weighted by molar-refractivity contribution is 9.08. The van der Waals surface area contributed by atoms with Gasteiger partial charge in [-0.25, -0.2) is 4.39 Å². The van der Waals surface area contributed by atoms with Crippen molar-refractivity contribution in [2.24, 2.45) is 0 Å². The largest absolute Gasteiger partial charge is 0.370 e. The fraction of sp³-hybridized carbons (Fsp3) is 0.200. The average molecular weight is 343 g/mol. The fourth-order valence-electron chi connectivity index (χ4n) is 2.00. The predicted octanol–water partition coefficient (Wildman–Crippen LogP) is 5.01. The molecule has 0 unspecified atom stereocenters. The molecule has 4 heteroatoms. The van der Waals surface area contributed by atoms with Crippen molar-refractivity contribution in [2.45, 2.75) is 11.9 Å². The van der Waals surface area contributed by atoms with Gasteiger partial charge in [-0.1, -0.05) is 51.8 Å². The lowest BCUT2D eigenvalue weighted by atomic mass is 10.1. The summed E-state index contributed by atoms with van der Waals surface area (Å²) in [6.45, 7) is 0.642. The van der Waals surface area contributed by atoms with Gasteiger partial charge in [-0.2, -0.15) is 0 Å². The zero-order valence-corrected chi connectivity index (χ0v) is 12.9. The molecule has 2 aromatic carbocycles. The first-order valence-corrected chi connectivity index (χ1v) is 7.41. The third-order valence-corrected chi connectivity index (χ3v) is 3.93. The SMILES string of the molecule is CN(Cc1ccccc1Cl)c1cccc(F)c1CBr. The Kier molecular flexibility index (Phi) is 4.83. The minimum atomic E-state index is -0.194. The summed E-state index contributed by atoms with van der Waals surface area (Å²) in [5.74, 6) is -0.194. The van der Waals surface area contributed by atoms with E-state index in [2.05, 4.69) is 15.9 Å². The number of anilines is 1. The van der Waals surface area contributed by atoms with E-state index in [-0.39, 0.29) is 5.82 Å². The van der Waals surface area contributed by atoms with Crippen LogP contribution in [0.2, 0.25) is 5.02 Å².